The van der Waals surface area contributed by atoms with E-state index in [1.165, 1.54) is 0 Å². The highest BCUT2D eigenvalue weighted by Gasteiger charge is 2.04. The fourth-order valence-corrected chi connectivity index (χ4v) is 1.22. The van der Waals surface area contributed by atoms with Crippen LogP contribution < -0.4 is 5.32 Å². The van der Waals surface area contributed by atoms with Gasteiger partial charge in [0.15, 0.2) is 0 Å². The van der Waals surface area contributed by atoms with Gasteiger partial charge < -0.3 is 19.7 Å². The Morgan fingerprint density at radius 3 is 3.19 bits per heavy atom. The summed E-state index contributed by atoms with van der Waals surface area (Å²) >= 11 is 0. The number of aromatic nitrogens is 1. The van der Waals surface area contributed by atoms with Gasteiger partial charge in [0, 0.05) is 19.2 Å². The normalized spacial score (nSPS) is 12.9. The molecule has 0 amide bonds. The molecule has 0 aliphatic rings. The molecule has 1 aromatic heterocycles. The van der Waals surface area contributed by atoms with E-state index in [1.54, 1.807) is 12.3 Å². The fraction of sp³-hybridized carbons (Fsp3) is 0.727. The van der Waals surface area contributed by atoms with Crippen molar-refractivity contribution in [1.82, 2.24) is 10.5 Å². The molecule has 0 bridgehead atoms. The predicted octanol–water partition coefficient (Wildman–Crippen LogP) is 0.942. The smallest absolute Gasteiger partial charge is 0.150 e. The van der Waals surface area contributed by atoms with Gasteiger partial charge in [0.25, 0.3) is 0 Å². The molecule has 1 heterocycles. The van der Waals surface area contributed by atoms with Gasteiger partial charge in [-0.3, -0.25) is 0 Å². The first-order valence-corrected chi connectivity index (χ1v) is 5.69. The highest BCUT2D eigenvalue weighted by Crippen LogP contribution is 1.95. The van der Waals surface area contributed by atoms with E-state index in [0.29, 0.717) is 19.7 Å². The van der Waals surface area contributed by atoms with Crippen LogP contribution in [0.5, 0.6) is 0 Å². The molecule has 1 unspecified atom stereocenters. The van der Waals surface area contributed by atoms with Crippen molar-refractivity contribution in [3.05, 3.63) is 18.0 Å². The quantitative estimate of drug-likeness (QED) is 0.616. The Morgan fingerprint density at radius 2 is 2.50 bits per heavy atom. The van der Waals surface area contributed by atoms with Crippen molar-refractivity contribution in [3.63, 3.8) is 0 Å². The van der Waals surface area contributed by atoms with Crippen LogP contribution in [0.4, 0.5) is 0 Å². The molecule has 5 heteroatoms. The van der Waals surface area contributed by atoms with Crippen LogP contribution in [0, 0.1) is 0 Å². The van der Waals surface area contributed by atoms with Crippen molar-refractivity contribution in [3.8, 4) is 0 Å². The summed E-state index contributed by atoms with van der Waals surface area (Å²) < 4.78 is 10.2. The van der Waals surface area contributed by atoms with Crippen LogP contribution in [-0.2, 0) is 11.3 Å². The molecule has 2 N–H and O–H groups in total. The van der Waals surface area contributed by atoms with Crippen LogP contribution >= 0.6 is 0 Å². The lowest BCUT2D eigenvalue weighted by atomic mass is 10.3. The van der Waals surface area contributed by atoms with Crippen molar-refractivity contribution in [2.75, 3.05) is 19.8 Å². The topological polar surface area (TPSA) is 67.5 Å². The molecule has 0 aliphatic carbocycles. The van der Waals surface area contributed by atoms with Gasteiger partial charge in [-0.25, -0.2) is 0 Å². The van der Waals surface area contributed by atoms with E-state index < -0.39 is 6.10 Å². The number of ether oxygens (including phenoxy) is 1. The number of unbranched alkanes of at least 4 members (excludes halogenated alkanes) is 1. The van der Waals surface area contributed by atoms with Crippen molar-refractivity contribution in [2.45, 2.75) is 32.4 Å². The Hall–Kier alpha value is -0.910. The van der Waals surface area contributed by atoms with Gasteiger partial charge >= 0.3 is 0 Å². The van der Waals surface area contributed by atoms with E-state index >= 15 is 0 Å². The summed E-state index contributed by atoms with van der Waals surface area (Å²) in [6.45, 7) is 4.27. The first-order chi connectivity index (χ1) is 7.83. The molecular weight excluding hydrogens is 208 g/mol. The van der Waals surface area contributed by atoms with Crippen molar-refractivity contribution >= 4 is 0 Å². The number of nitrogens with zero attached hydrogens (tertiary/aromatic N) is 1. The lowest BCUT2D eigenvalue weighted by Gasteiger charge is -2.11. The van der Waals surface area contributed by atoms with Crippen LogP contribution in [0.2, 0.25) is 0 Å². The van der Waals surface area contributed by atoms with Gasteiger partial charge in [0.05, 0.1) is 25.5 Å². The molecule has 0 aliphatic heterocycles. The van der Waals surface area contributed by atoms with Crippen LogP contribution in [-0.4, -0.2) is 36.1 Å². The molecule has 0 saturated heterocycles. The number of hydrogen-bond acceptors (Lipinski definition) is 5. The van der Waals surface area contributed by atoms with Crippen LogP contribution in [0.3, 0.4) is 0 Å². The zero-order chi connectivity index (χ0) is 11.6. The minimum absolute atomic E-state index is 0.378. The Bertz CT molecular complexity index is 252. The summed E-state index contributed by atoms with van der Waals surface area (Å²) in [4.78, 5) is 0. The number of nitrogens with one attached hydrogen (secondary N) is 1. The average molecular weight is 228 g/mol. The highest BCUT2D eigenvalue weighted by atomic mass is 16.5. The van der Waals surface area contributed by atoms with E-state index in [9.17, 15) is 5.11 Å². The van der Waals surface area contributed by atoms with Gasteiger partial charge in [-0.1, -0.05) is 18.5 Å². The zero-order valence-electron chi connectivity index (χ0n) is 9.69. The number of rotatable bonds is 9. The standard InChI is InChI=1S/C11H20N2O3/c1-2-3-6-15-9-10(14)7-12-8-11-4-5-13-16-11/h4-5,10,12,14H,2-3,6-9H2,1H3. The second kappa shape index (κ2) is 8.27. The van der Waals surface area contributed by atoms with Gasteiger partial charge in [0.1, 0.15) is 5.76 Å². The number of aliphatic hydroxyl groups is 1. The van der Waals surface area contributed by atoms with Gasteiger partial charge in [-0.15, -0.1) is 0 Å². The first-order valence-electron chi connectivity index (χ1n) is 5.69. The molecule has 0 fully saturated rings. The van der Waals surface area contributed by atoms with Crippen LogP contribution in [0.25, 0.3) is 0 Å². The van der Waals surface area contributed by atoms with E-state index in [2.05, 4.69) is 17.4 Å². The summed E-state index contributed by atoms with van der Waals surface area (Å²) in [7, 11) is 0. The van der Waals surface area contributed by atoms with E-state index in [-0.39, 0.29) is 0 Å². The largest absolute Gasteiger partial charge is 0.389 e. The molecule has 0 saturated carbocycles. The first kappa shape index (κ1) is 13.2. The molecule has 0 spiro atoms. The second-order valence-corrected chi connectivity index (χ2v) is 3.69. The summed E-state index contributed by atoms with van der Waals surface area (Å²) in [6, 6.07) is 1.79. The Morgan fingerprint density at radius 1 is 1.62 bits per heavy atom. The van der Waals surface area contributed by atoms with Crippen LogP contribution in [0.1, 0.15) is 25.5 Å². The predicted molar refractivity (Wildman–Crippen MR) is 59.9 cm³/mol. The molecule has 1 rings (SSSR count). The molecule has 92 valence electrons. The third-order valence-electron chi connectivity index (χ3n) is 2.12. The van der Waals surface area contributed by atoms with Crippen molar-refractivity contribution < 1.29 is 14.4 Å². The highest BCUT2D eigenvalue weighted by molar-refractivity contribution is 4.91. The summed E-state index contributed by atoms with van der Waals surface area (Å²) in [5.41, 5.74) is 0. The SMILES string of the molecule is CCCCOCC(O)CNCc1ccno1. The van der Waals surface area contributed by atoms with Gasteiger partial charge in [0.2, 0.25) is 0 Å². The number of aliphatic hydroxyl groups excluding tert-OH is 1. The average Bonchev–Trinajstić information content (AvgIpc) is 2.77. The maximum absolute atomic E-state index is 9.54. The minimum Gasteiger partial charge on any atom is -0.389 e. The third kappa shape index (κ3) is 5.85. The van der Waals surface area contributed by atoms with E-state index in [1.807, 2.05) is 0 Å². The van der Waals surface area contributed by atoms with E-state index in [4.69, 9.17) is 9.26 Å². The Kier molecular flexibility index (Phi) is 6.80. The minimum atomic E-state index is -0.472. The van der Waals surface area contributed by atoms with Gasteiger partial charge in [-0.2, -0.15) is 0 Å². The molecule has 0 aromatic carbocycles. The lowest BCUT2D eigenvalue weighted by molar-refractivity contribution is 0.0355. The molecule has 0 radical (unpaired) electrons. The Labute approximate surface area is 95.8 Å². The molecule has 5 nitrogen and oxygen atoms in total. The maximum atomic E-state index is 9.54. The summed E-state index contributed by atoms with van der Waals surface area (Å²) in [5.74, 6) is 0.763. The lowest BCUT2D eigenvalue weighted by Crippen LogP contribution is -2.30. The van der Waals surface area contributed by atoms with Crippen molar-refractivity contribution in [2.24, 2.45) is 0 Å². The molecule has 1 aromatic rings. The van der Waals surface area contributed by atoms with Crippen molar-refractivity contribution in [1.29, 1.82) is 0 Å². The monoisotopic (exact) mass is 228 g/mol. The number of hydrogen-bond donors (Lipinski definition) is 2. The summed E-state index contributed by atoms with van der Waals surface area (Å²) in [6.07, 6.45) is 3.28. The molecule has 1 atom stereocenters. The zero-order valence-corrected chi connectivity index (χ0v) is 9.69. The maximum Gasteiger partial charge on any atom is 0.150 e. The van der Waals surface area contributed by atoms with E-state index in [0.717, 1.165) is 25.2 Å². The second-order valence-electron chi connectivity index (χ2n) is 3.69. The third-order valence-corrected chi connectivity index (χ3v) is 2.12. The van der Waals surface area contributed by atoms with Crippen LogP contribution in [0.15, 0.2) is 16.8 Å². The van der Waals surface area contributed by atoms with Gasteiger partial charge in [-0.05, 0) is 6.42 Å². The Balaban J connectivity index is 1.95. The fourth-order valence-electron chi connectivity index (χ4n) is 1.22. The molecule has 16 heavy (non-hydrogen) atoms. The summed E-state index contributed by atoms with van der Waals surface area (Å²) in [5, 5.41) is 16.2. The molecular formula is C11H20N2O3.